The van der Waals surface area contributed by atoms with Crippen molar-refractivity contribution in [2.75, 3.05) is 12.8 Å². The molecule has 0 unspecified atom stereocenters. The fraction of sp³-hybridized carbons (Fsp3) is 0.692. The normalized spacial score (nSPS) is 21.8. The Morgan fingerprint density at radius 2 is 1.94 bits per heavy atom. The van der Waals surface area contributed by atoms with Crippen LogP contribution in [0.25, 0.3) is 0 Å². The number of methoxy groups -OCH3 is 1. The molecule has 2 aliphatic rings. The minimum Gasteiger partial charge on any atom is -0.383 e. The Bertz CT molecular complexity index is 458. The van der Waals surface area contributed by atoms with Crippen molar-refractivity contribution in [2.24, 2.45) is 0 Å². The van der Waals surface area contributed by atoms with Gasteiger partial charge in [-0.3, -0.25) is 0 Å². The first-order valence-electron chi connectivity index (χ1n) is 6.54. The fourth-order valence-electron chi connectivity index (χ4n) is 2.92. The molecule has 1 fully saturated rings. The first kappa shape index (κ1) is 12.2. The molecule has 1 aromatic heterocycles. The Labute approximate surface area is 112 Å². The number of fused-ring (bicyclic) bond motifs is 1. The van der Waals surface area contributed by atoms with Crippen molar-refractivity contribution in [3.05, 3.63) is 17.1 Å². The van der Waals surface area contributed by atoms with Gasteiger partial charge >= 0.3 is 0 Å². The molecule has 1 aliphatic carbocycles. The molecule has 18 heavy (non-hydrogen) atoms. The van der Waals surface area contributed by atoms with Crippen molar-refractivity contribution in [2.45, 2.75) is 49.2 Å². The minimum absolute atomic E-state index is 0.297. The van der Waals surface area contributed by atoms with E-state index in [1.54, 1.807) is 7.11 Å². The monoisotopic (exact) mass is 265 g/mol. The van der Waals surface area contributed by atoms with Gasteiger partial charge in [0.2, 0.25) is 0 Å². The number of aromatic nitrogens is 2. The SMILES string of the molecule is COC1(c2nc(N)c3c(n2)CSC3)CCCCC1. The lowest BCUT2D eigenvalue weighted by Crippen LogP contribution is -2.34. The van der Waals surface area contributed by atoms with E-state index >= 15 is 0 Å². The number of nitrogens with zero attached hydrogens (tertiary/aromatic N) is 2. The average Bonchev–Trinajstić information content (AvgIpc) is 2.88. The van der Waals surface area contributed by atoms with Crippen LogP contribution in [0, 0.1) is 0 Å². The third kappa shape index (κ3) is 1.89. The van der Waals surface area contributed by atoms with Crippen LogP contribution in [0.2, 0.25) is 0 Å². The Morgan fingerprint density at radius 3 is 2.67 bits per heavy atom. The molecule has 0 saturated heterocycles. The van der Waals surface area contributed by atoms with E-state index in [2.05, 4.69) is 4.98 Å². The summed E-state index contributed by atoms with van der Waals surface area (Å²) in [5.74, 6) is 3.36. The summed E-state index contributed by atoms with van der Waals surface area (Å²) >= 11 is 1.86. The van der Waals surface area contributed by atoms with Crippen LogP contribution in [0.1, 0.15) is 49.2 Å². The smallest absolute Gasteiger partial charge is 0.162 e. The Kier molecular flexibility index (Phi) is 3.20. The van der Waals surface area contributed by atoms with E-state index in [0.29, 0.717) is 5.82 Å². The number of hydrogen-bond donors (Lipinski definition) is 1. The summed E-state index contributed by atoms with van der Waals surface area (Å²) in [6, 6.07) is 0. The summed E-state index contributed by atoms with van der Waals surface area (Å²) in [5, 5.41) is 0. The van der Waals surface area contributed by atoms with E-state index in [1.165, 1.54) is 19.3 Å². The van der Waals surface area contributed by atoms with Gasteiger partial charge < -0.3 is 10.5 Å². The maximum absolute atomic E-state index is 6.07. The molecular weight excluding hydrogens is 246 g/mol. The molecule has 0 bridgehead atoms. The molecule has 0 amide bonds. The highest BCUT2D eigenvalue weighted by Crippen LogP contribution is 2.40. The predicted octanol–water partition coefficient (Wildman–Crippen LogP) is 2.61. The molecule has 1 aromatic rings. The second-order valence-electron chi connectivity index (χ2n) is 5.11. The quantitative estimate of drug-likeness (QED) is 0.890. The second kappa shape index (κ2) is 4.70. The third-order valence-electron chi connectivity index (χ3n) is 4.07. The van der Waals surface area contributed by atoms with Crippen LogP contribution < -0.4 is 5.73 Å². The number of nitrogens with two attached hydrogens (primary N) is 1. The van der Waals surface area contributed by atoms with Crippen LogP contribution in [0.4, 0.5) is 5.82 Å². The average molecular weight is 265 g/mol. The molecule has 0 aromatic carbocycles. The maximum Gasteiger partial charge on any atom is 0.162 e. The number of nitrogen functional groups attached to an aromatic ring is 1. The molecule has 2 N–H and O–H groups in total. The van der Waals surface area contributed by atoms with Crippen LogP contribution in [0.5, 0.6) is 0 Å². The van der Waals surface area contributed by atoms with Gasteiger partial charge in [-0.2, -0.15) is 11.8 Å². The summed E-state index contributed by atoms with van der Waals surface area (Å²) < 4.78 is 5.79. The lowest BCUT2D eigenvalue weighted by molar-refractivity contribution is -0.0515. The van der Waals surface area contributed by atoms with Gasteiger partial charge in [-0.05, 0) is 12.8 Å². The molecule has 98 valence electrons. The standard InChI is InChI=1S/C13H19N3OS/c1-17-13(5-3-2-4-6-13)12-15-10-8-18-7-9(10)11(14)16-12/h2-8H2,1H3,(H2,14,15,16). The predicted molar refractivity (Wildman–Crippen MR) is 73.2 cm³/mol. The Morgan fingerprint density at radius 1 is 1.17 bits per heavy atom. The summed E-state index contributed by atoms with van der Waals surface area (Å²) in [5.41, 5.74) is 8.02. The zero-order valence-corrected chi connectivity index (χ0v) is 11.6. The number of anilines is 1. The number of rotatable bonds is 2. The van der Waals surface area contributed by atoms with Gasteiger partial charge in [0.15, 0.2) is 5.82 Å². The van der Waals surface area contributed by atoms with Crippen molar-refractivity contribution >= 4 is 17.6 Å². The molecule has 0 atom stereocenters. The first-order chi connectivity index (χ1) is 8.75. The molecule has 4 nitrogen and oxygen atoms in total. The number of thioether (sulfide) groups is 1. The van der Waals surface area contributed by atoms with Gasteiger partial charge in [0.05, 0.1) is 5.69 Å². The zero-order valence-electron chi connectivity index (χ0n) is 10.7. The van der Waals surface area contributed by atoms with Gasteiger partial charge in [0.25, 0.3) is 0 Å². The zero-order chi connectivity index (χ0) is 12.6. The summed E-state index contributed by atoms with van der Waals surface area (Å²) in [6.45, 7) is 0. The van der Waals surface area contributed by atoms with Crippen LogP contribution in [-0.4, -0.2) is 17.1 Å². The Balaban J connectivity index is 2.02. The maximum atomic E-state index is 6.07. The molecule has 3 rings (SSSR count). The Hall–Kier alpha value is -0.810. The summed E-state index contributed by atoms with van der Waals surface area (Å²) in [6.07, 6.45) is 5.66. The van der Waals surface area contributed by atoms with E-state index in [1.807, 2.05) is 11.8 Å². The molecular formula is C13H19N3OS. The second-order valence-corrected chi connectivity index (χ2v) is 6.10. The van der Waals surface area contributed by atoms with E-state index < -0.39 is 0 Å². The number of ether oxygens (including phenoxy) is 1. The lowest BCUT2D eigenvalue weighted by Gasteiger charge is -2.34. The highest BCUT2D eigenvalue weighted by molar-refractivity contribution is 7.98. The van der Waals surface area contributed by atoms with Gasteiger partial charge in [-0.25, -0.2) is 9.97 Å². The van der Waals surface area contributed by atoms with Crippen molar-refractivity contribution in [1.82, 2.24) is 9.97 Å². The fourth-order valence-corrected chi connectivity index (χ4v) is 3.97. The molecule has 5 heteroatoms. The van der Waals surface area contributed by atoms with Crippen molar-refractivity contribution in [3.8, 4) is 0 Å². The van der Waals surface area contributed by atoms with E-state index in [4.69, 9.17) is 15.5 Å². The summed E-state index contributed by atoms with van der Waals surface area (Å²) in [4.78, 5) is 9.28. The highest BCUT2D eigenvalue weighted by Gasteiger charge is 2.38. The lowest BCUT2D eigenvalue weighted by atomic mass is 9.84. The third-order valence-corrected chi connectivity index (χ3v) is 5.04. The minimum atomic E-state index is -0.297. The topological polar surface area (TPSA) is 61.0 Å². The summed E-state index contributed by atoms with van der Waals surface area (Å²) in [7, 11) is 1.77. The largest absolute Gasteiger partial charge is 0.383 e. The van der Waals surface area contributed by atoms with E-state index in [0.717, 1.165) is 41.4 Å². The molecule has 2 heterocycles. The number of hydrogen-bond acceptors (Lipinski definition) is 5. The first-order valence-corrected chi connectivity index (χ1v) is 7.69. The van der Waals surface area contributed by atoms with E-state index in [9.17, 15) is 0 Å². The molecule has 0 spiro atoms. The molecule has 1 aliphatic heterocycles. The van der Waals surface area contributed by atoms with Gasteiger partial charge in [0, 0.05) is 24.2 Å². The van der Waals surface area contributed by atoms with Crippen molar-refractivity contribution in [1.29, 1.82) is 0 Å². The van der Waals surface area contributed by atoms with E-state index in [-0.39, 0.29) is 5.60 Å². The molecule has 1 saturated carbocycles. The van der Waals surface area contributed by atoms with Gasteiger partial charge in [-0.1, -0.05) is 19.3 Å². The van der Waals surface area contributed by atoms with Crippen molar-refractivity contribution < 1.29 is 4.74 Å². The van der Waals surface area contributed by atoms with Gasteiger partial charge in [-0.15, -0.1) is 0 Å². The van der Waals surface area contributed by atoms with Crippen LogP contribution in [0.15, 0.2) is 0 Å². The molecule has 0 radical (unpaired) electrons. The van der Waals surface area contributed by atoms with Crippen LogP contribution >= 0.6 is 11.8 Å². The van der Waals surface area contributed by atoms with Crippen LogP contribution in [0.3, 0.4) is 0 Å². The van der Waals surface area contributed by atoms with Gasteiger partial charge in [0.1, 0.15) is 11.4 Å². The van der Waals surface area contributed by atoms with Crippen LogP contribution in [-0.2, 0) is 21.8 Å². The highest BCUT2D eigenvalue weighted by atomic mass is 32.2. The van der Waals surface area contributed by atoms with Crippen molar-refractivity contribution in [3.63, 3.8) is 0 Å².